The van der Waals surface area contributed by atoms with Crippen LogP contribution in [0.25, 0.3) is 6.08 Å². The number of nitrogens with zero attached hydrogens (tertiary/aromatic N) is 4. The van der Waals surface area contributed by atoms with Crippen LogP contribution in [0.15, 0.2) is 58.1 Å². The molecule has 180 valence electrons. The van der Waals surface area contributed by atoms with E-state index in [1.807, 2.05) is 6.92 Å². The van der Waals surface area contributed by atoms with Crippen LogP contribution in [0.2, 0.25) is 0 Å². The minimum Gasteiger partial charge on any atom is -0.493 e. The highest BCUT2D eigenvalue weighted by Crippen LogP contribution is 2.32. The maximum Gasteiger partial charge on any atom is 0.283 e. The number of benzene rings is 2. The number of methoxy groups -OCH3 is 1. The van der Waals surface area contributed by atoms with Crippen molar-refractivity contribution in [3.8, 4) is 17.2 Å². The summed E-state index contributed by atoms with van der Waals surface area (Å²) in [5.74, 6) is 0.880. The molecule has 0 saturated heterocycles. The third-order valence-corrected chi connectivity index (χ3v) is 6.01. The van der Waals surface area contributed by atoms with Gasteiger partial charge in [-0.3, -0.25) is 20.3 Å². The standard InChI is InChI=1S/C23H21N5O6S/c1-3-20-26-27-21(24)17(22(29)25-23(27)35-20)12-14-4-9-18(19(13-14)32-2)34-11-10-33-16-7-5-15(6-8-16)28(30)31/h4-9,12-13,24H,3,10-11H2,1-2H3. The van der Waals surface area contributed by atoms with Crippen molar-refractivity contribution in [1.82, 2.24) is 5.01 Å². The molecule has 2 aliphatic heterocycles. The molecule has 0 saturated carbocycles. The van der Waals surface area contributed by atoms with E-state index in [1.165, 1.54) is 48.1 Å². The minimum atomic E-state index is -0.496. The predicted molar refractivity (Wildman–Crippen MR) is 132 cm³/mol. The summed E-state index contributed by atoms with van der Waals surface area (Å²) in [6, 6.07) is 10.9. The van der Waals surface area contributed by atoms with E-state index in [-0.39, 0.29) is 30.3 Å². The van der Waals surface area contributed by atoms with Crippen LogP contribution in [0, 0.1) is 15.5 Å². The molecule has 4 rings (SSSR count). The summed E-state index contributed by atoms with van der Waals surface area (Å²) in [6.07, 6.45) is 2.26. The van der Waals surface area contributed by atoms with Gasteiger partial charge in [-0.05, 0) is 54.1 Å². The molecule has 11 nitrogen and oxygen atoms in total. The van der Waals surface area contributed by atoms with Crippen LogP contribution in [-0.2, 0) is 4.79 Å². The molecule has 0 spiro atoms. The number of amidine groups is 2. The van der Waals surface area contributed by atoms with Gasteiger partial charge in [-0.25, -0.2) is 0 Å². The second-order valence-corrected chi connectivity index (χ2v) is 8.27. The van der Waals surface area contributed by atoms with Gasteiger partial charge in [0.2, 0.25) is 5.17 Å². The summed E-state index contributed by atoms with van der Waals surface area (Å²) in [5.41, 5.74) is 0.751. The molecule has 1 amide bonds. The Bertz CT molecular complexity index is 1270. The summed E-state index contributed by atoms with van der Waals surface area (Å²) in [7, 11) is 1.50. The van der Waals surface area contributed by atoms with Crippen molar-refractivity contribution in [2.75, 3.05) is 20.3 Å². The lowest BCUT2D eigenvalue weighted by Gasteiger charge is -2.20. The highest BCUT2D eigenvalue weighted by atomic mass is 32.2. The summed E-state index contributed by atoms with van der Waals surface area (Å²) < 4.78 is 16.7. The largest absolute Gasteiger partial charge is 0.493 e. The van der Waals surface area contributed by atoms with Crippen molar-refractivity contribution in [2.45, 2.75) is 13.3 Å². The number of nitro benzene ring substituents is 1. The second kappa shape index (κ2) is 10.4. The maximum absolute atomic E-state index is 12.5. The zero-order chi connectivity index (χ0) is 24.9. The van der Waals surface area contributed by atoms with Crippen molar-refractivity contribution < 1.29 is 23.9 Å². The fourth-order valence-corrected chi connectivity index (χ4v) is 4.03. The summed E-state index contributed by atoms with van der Waals surface area (Å²) in [4.78, 5) is 26.8. The molecule has 0 atom stereocenters. The molecule has 0 unspecified atom stereocenters. The highest BCUT2D eigenvalue weighted by Gasteiger charge is 2.35. The molecule has 0 bridgehead atoms. The number of non-ortho nitro benzene ring substituents is 1. The van der Waals surface area contributed by atoms with Crippen molar-refractivity contribution >= 4 is 45.5 Å². The molecule has 2 aromatic carbocycles. The first-order valence-electron chi connectivity index (χ1n) is 10.6. The quantitative estimate of drug-likeness (QED) is 0.237. The third kappa shape index (κ3) is 5.32. The van der Waals surface area contributed by atoms with Gasteiger partial charge in [-0.15, -0.1) is 0 Å². The molecular formula is C23H21N5O6S. The van der Waals surface area contributed by atoms with Crippen LogP contribution < -0.4 is 14.2 Å². The van der Waals surface area contributed by atoms with Gasteiger partial charge in [0, 0.05) is 12.1 Å². The number of ether oxygens (including phenoxy) is 3. The van der Waals surface area contributed by atoms with E-state index in [0.717, 1.165) is 5.04 Å². The second-order valence-electron chi connectivity index (χ2n) is 7.23. The van der Waals surface area contributed by atoms with Gasteiger partial charge in [-0.1, -0.05) is 13.0 Å². The van der Waals surface area contributed by atoms with Gasteiger partial charge in [0.05, 0.1) is 17.6 Å². The van der Waals surface area contributed by atoms with E-state index in [4.69, 9.17) is 19.6 Å². The van der Waals surface area contributed by atoms with Gasteiger partial charge in [0.25, 0.3) is 11.6 Å². The number of nitro groups is 1. The summed E-state index contributed by atoms with van der Waals surface area (Å²) in [6.45, 7) is 2.37. The van der Waals surface area contributed by atoms with E-state index >= 15 is 0 Å². The molecule has 35 heavy (non-hydrogen) atoms. The number of thioether (sulfide) groups is 1. The predicted octanol–water partition coefficient (Wildman–Crippen LogP) is 4.09. The van der Waals surface area contributed by atoms with Crippen molar-refractivity contribution in [2.24, 2.45) is 10.1 Å². The number of carbonyl (C=O) groups is 1. The summed E-state index contributed by atoms with van der Waals surface area (Å²) >= 11 is 1.29. The van der Waals surface area contributed by atoms with Crippen LogP contribution in [0.5, 0.6) is 17.2 Å². The Balaban J connectivity index is 1.40. The Morgan fingerprint density at radius 2 is 1.89 bits per heavy atom. The number of carbonyl (C=O) groups excluding carboxylic acids is 1. The highest BCUT2D eigenvalue weighted by molar-refractivity contribution is 8.26. The molecule has 0 aromatic heterocycles. The molecule has 2 aliphatic rings. The van der Waals surface area contributed by atoms with Gasteiger partial charge in [-0.2, -0.15) is 15.1 Å². The Labute approximate surface area is 204 Å². The van der Waals surface area contributed by atoms with E-state index in [9.17, 15) is 14.9 Å². The lowest BCUT2D eigenvalue weighted by atomic mass is 10.1. The number of fused-ring (bicyclic) bond motifs is 1. The normalized spacial score (nSPS) is 16.1. The van der Waals surface area contributed by atoms with Gasteiger partial charge >= 0.3 is 0 Å². The van der Waals surface area contributed by atoms with E-state index in [2.05, 4.69) is 10.1 Å². The van der Waals surface area contributed by atoms with E-state index in [0.29, 0.717) is 34.4 Å². The lowest BCUT2D eigenvalue weighted by molar-refractivity contribution is -0.384. The zero-order valence-electron chi connectivity index (χ0n) is 18.9. The van der Waals surface area contributed by atoms with Crippen molar-refractivity contribution in [3.63, 3.8) is 0 Å². The third-order valence-electron chi connectivity index (χ3n) is 4.95. The number of hydrogen-bond acceptors (Lipinski definition) is 9. The molecule has 2 heterocycles. The van der Waals surface area contributed by atoms with Crippen LogP contribution in [-0.4, -0.2) is 52.2 Å². The number of aliphatic imine (C=N–C) groups is 1. The molecular weight excluding hydrogens is 474 g/mol. The van der Waals surface area contributed by atoms with Crippen LogP contribution in [0.4, 0.5) is 5.69 Å². The molecule has 0 radical (unpaired) electrons. The minimum absolute atomic E-state index is 0.0107. The van der Waals surface area contributed by atoms with Crippen LogP contribution in [0.1, 0.15) is 18.9 Å². The molecule has 2 aromatic rings. The number of hydrogen-bond donors (Lipinski definition) is 1. The smallest absolute Gasteiger partial charge is 0.283 e. The first-order chi connectivity index (χ1) is 16.9. The molecule has 0 fully saturated rings. The maximum atomic E-state index is 12.5. The number of nitrogens with one attached hydrogen (secondary N) is 1. The molecule has 12 heteroatoms. The van der Waals surface area contributed by atoms with Gasteiger partial charge in [0.1, 0.15) is 24.0 Å². The Morgan fingerprint density at radius 1 is 1.14 bits per heavy atom. The fraction of sp³-hybridized carbons (Fsp3) is 0.217. The fourth-order valence-electron chi connectivity index (χ4n) is 3.21. The van der Waals surface area contributed by atoms with Crippen LogP contribution >= 0.6 is 11.8 Å². The number of hydrazone groups is 1. The monoisotopic (exact) mass is 495 g/mol. The average Bonchev–Trinajstić information content (AvgIpc) is 3.28. The van der Waals surface area contributed by atoms with E-state index in [1.54, 1.807) is 24.3 Å². The molecule has 0 aliphatic carbocycles. The van der Waals surface area contributed by atoms with Gasteiger partial charge < -0.3 is 14.2 Å². The Kier molecular flexibility index (Phi) is 7.11. The first kappa shape index (κ1) is 24.0. The average molecular weight is 496 g/mol. The van der Waals surface area contributed by atoms with Crippen molar-refractivity contribution in [3.05, 3.63) is 63.7 Å². The Morgan fingerprint density at radius 3 is 2.57 bits per heavy atom. The lowest BCUT2D eigenvalue weighted by Crippen LogP contribution is -2.35. The molecule has 1 N–H and O–H groups in total. The summed E-state index contributed by atoms with van der Waals surface area (Å²) in [5, 5.41) is 26.0. The topological polar surface area (TPSA) is 140 Å². The van der Waals surface area contributed by atoms with Crippen molar-refractivity contribution in [1.29, 1.82) is 5.41 Å². The number of rotatable bonds is 9. The number of amides is 1. The van der Waals surface area contributed by atoms with Crippen LogP contribution in [0.3, 0.4) is 0 Å². The first-order valence-corrected chi connectivity index (χ1v) is 11.4. The van der Waals surface area contributed by atoms with E-state index < -0.39 is 10.8 Å². The van der Waals surface area contributed by atoms with Gasteiger partial charge in [0.15, 0.2) is 17.3 Å². The Hall–Kier alpha value is -4.19. The SMILES string of the molecule is CCC1=NN2C(=N)C(=Cc3ccc(OCCOc4ccc([N+](=O)[O-])cc4)c(OC)c3)C(=O)N=C2S1. The zero-order valence-corrected chi connectivity index (χ0v) is 19.7.